The molecule has 0 fully saturated rings. The molecule has 114 valence electrons. The van der Waals surface area contributed by atoms with Crippen molar-refractivity contribution in [3.8, 4) is 0 Å². The molecule has 0 aliphatic heterocycles. The predicted molar refractivity (Wildman–Crippen MR) is 93.4 cm³/mol. The van der Waals surface area contributed by atoms with E-state index < -0.39 is 0 Å². The van der Waals surface area contributed by atoms with E-state index in [0.29, 0.717) is 5.56 Å². The number of aryl methyl sites for hydroxylation is 1. The number of benzene rings is 2. The van der Waals surface area contributed by atoms with E-state index in [-0.39, 0.29) is 11.5 Å². The van der Waals surface area contributed by atoms with Crippen LogP contribution in [-0.2, 0) is 4.79 Å². The summed E-state index contributed by atoms with van der Waals surface area (Å²) in [5.74, 6) is -0.271. The van der Waals surface area contributed by atoms with Crippen molar-refractivity contribution in [2.24, 2.45) is 0 Å². The number of aromatic amines is 1. The maximum Gasteiger partial charge on any atom is 0.255 e. The standard InChI is InChI=1S/C19H16N2O2/c1-13-6-2-4-8-16(13)20-18(22)11-10-15-12-14-7-3-5-9-17(14)21-19(15)23/h2-12H,1H3,(H,20,22)(H,21,23)/b11-10+. The van der Waals surface area contributed by atoms with Gasteiger partial charge in [0.25, 0.3) is 5.56 Å². The van der Waals surface area contributed by atoms with Gasteiger partial charge in [0.05, 0.1) is 0 Å². The lowest BCUT2D eigenvalue weighted by Crippen LogP contribution is -2.11. The highest BCUT2D eigenvalue weighted by atomic mass is 16.1. The van der Waals surface area contributed by atoms with Gasteiger partial charge < -0.3 is 10.3 Å². The van der Waals surface area contributed by atoms with Crippen LogP contribution in [-0.4, -0.2) is 10.9 Å². The maximum absolute atomic E-state index is 12.0. The number of pyridine rings is 1. The van der Waals surface area contributed by atoms with E-state index in [1.807, 2.05) is 55.5 Å². The minimum atomic E-state index is -0.271. The van der Waals surface area contributed by atoms with Crippen molar-refractivity contribution in [1.29, 1.82) is 0 Å². The first-order valence-corrected chi connectivity index (χ1v) is 7.30. The summed E-state index contributed by atoms with van der Waals surface area (Å²) in [5, 5.41) is 3.72. The second kappa shape index (κ2) is 6.32. The molecule has 1 amide bonds. The predicted octanol–water partition coefficient (Wildman–Crippen LogP) is 3.49. The third-order valence-corrected chi connectivity index (χ3v) is 3.60. The molecule has 2 N–H and O–H groups in total. The Morgan fingerprint density at radius 3 is 2.65 bits per heavy atom. The Kier molecular flexibility index (Phi) is 4.06. The van der Waals surface area contributed by atoms with Gasteiger partial charge in [0.2, 0.25) is 5.91 Å². The summed E-state index contributed by atoms with van der Waals surface area (Å²) in [4.78, 5) is 26.8. The lowest BCUT2D eigenvalue weighted by atomic mass is 10.1. The summed E-state index contributed by atoms with van der Waals surface area (Å²) < 4.78 is 0. The highest BCUT2D eigenvalue weighted by Crippen LogP contribution is 2.14. The number of amides is 1. The van der Waals surface area contributed by atoms with E-state index in [1.165, 1.54) is 12.2 Å². The molecule has 1 heterocycles. The fourth-order valence-corrected chi connectivity index (χ4v) is 2.34. The number of nitrogens with one attached hydrogen (secondary N) is 2. The van der Waals surface area contributed by atoms with Gasteiger partial charge in [-0.2, -0.15) is 0 Å². The number of hydrogen-bond donors (Lipinski definition) is 2. The van der Waals surface area contributed by atoms with Crippen LogP contribution in [0, 0.1) is 6.92 Å². The summed E-state index contributed by atoms with van der Waals surface area (Å²) >= 11 is 0. The molecule has 0 bridgehead atoms. The molecule has 3 aromatic rings. The van der Waals surface area contributed by atoms with Crippen LogP contribution in [0.4, 0.5) is 5.69 Å². The van der Waals surface area contributed by atoms with Crippen LogP contribution in [0.5, 0.6) is 0 Å². The van der Waals surface area contributed by atoms with Gasteiger partial charge in [-0.25, -0.2) is 0 Å². The van der Waals surface area contributed by atoms with Gasteiger partial charge in [-0.15, -0.1) is 0 Å². The number of carbonyl (C=O) groups excluding carboxylic acids is 1. The average Bonchev–Trinajstić information content (AvgIpc) is 2.55. The highest BCUT2D eigenvalue weighted by molar-refractivity contribution is 6.02. The molecule has 4 heteroatoms. The minimum Gasteiger partial charge on any atom is -0.322 e. The summed E-state index contributed by atoms with van der Waals surface area (Å²) in [6, 6.07) is 16.8. The Hall–Kier alpha value is -3.14. The third kappa shape index (κ3) is 3.37. The Labute approximate surface area is 133 Å². The molecule has 1 aromatic heterocycles. The van der Waals surface area contributed by atoms with Gasteiger partial charge in [0, 0.05) is 22.8 Å². The van der Waals surface area contributed by atoms with Crippen molar-refractivity contribution in [1.82, 2.24) is 4.98 Å². The van der Waals surface area contributed by atoms with E-state index in [9.17, 15) is 9.59 Å². The molecule has 0 atom stereocenters. The molecule has 0 spiro atoms. The van der Waals surface area contributed by atoms with E-state index >= 15 is 0 Å². The van der Waals surface area contributed by atoms with Gasteiger partial charge >= 0.3 is 0 Å². The molecule has 0 saturated carbocycles. The molecule has 0 radical (unpaired) electrons. The number of rotatable bonds is 3. The van der Waals surface area contributed by atoms with E-state index in [1.54, 1.807) is 6.07 Å². The SMILES string of the molecule is Cc1ccccc1NC(=O)/C=C/c1cc2ccccc2[nH]c1=O. The van der Waals surface area contributed by atoms with Crippen LogP contribution < -0.4 is 10.9 Å². The third-order valence-electron chi connectivity index (χ3n) is 3.60. The van der Waals surface area contributed by atoms with Gasteiger partial charge in [0.1, 0.15) is 0 Å². The Morgan fingerprint density at radius 2 is 1.83 bits per heavy atom. The van der Waals surface area contributed by atoms with Gasteiger partial charge in [-0.3, -0.25) is 9.59 Å². The smallest absolute Gasteiger partial charge is 0.255 e. The largest absolute Gasteiger partial charge is 0.322 e. The molecule has 4 nitrogen and oxygen atoms in total. The number of H-pyrrole nitrogens is 1. The average molecular weight is 304 g/mol. The topological polar surface area (TPSA) is 62.0 Å². The fraction of sp³-hybridized carbons (Fsp3) is 0.0526. The Bertz CT molecular complexity index is 955. The van der Waals surface area contributed by atoms with Crippen molar-refractivity contribution < 1.29 is 4.79 Å². The first kappa shape index (κ1) is 14.8. The number of anilines is 1. The second-order valence-electron chi connectivity index (χ2n) is 5.28. The molecule has 23 heavy (non-hydrogen) atoms. The maximum atomic E-state index is 12.0. The van der Waals surface area contributed by atoms with Crippen molar-refractivity contribution in [2.45, 2.75) is 6.92 Å². The zero-order chi connectivity index (χ0) is 16.2. The fourth-order valence-electron chi connectivity index (χ4n) is 2.34. The molecule has 0 aliphatic carbocycles. The summed E-state index contributed by atoms with van der Waals surface area (Å²) in [5.41, 5.74) is 2.75. The van der Waals surface area contributed by atoms with Crippen LogP contribution in [0.1, 0.15) is 11.1 Å². The lowest BCUT2D eigenvalue weighted by Gasteiger charge is -2.05. The molecule has 0 unspecified atom stereocenters. The van der Waals surface area contributed by atoms with Crippen LogP contribution >= 0.6 is 0 Å². The molecule has 2 aromatic carbocycles. The van der Waals surface area contributed by atoms with Gasteiger partial charge in [-0.05, 0) is 42.1 Å². The highest BCUT2D eigenvalue weighted by Gasteiger charge is 2.02. The molecule has 0 saturated heterocycles. The van der Waals surface area contributed by atoms with Crippen LogP contribution in [0.15, 0.2) is 65.5 Å². The summed E-state index contributed by atoms with van der Waals surface area (Å²) in [7, 11) is 0. The Balaban J connectivity index is 1.82. The Morgan fingerprint density at radius 1 is 1.09 bits per heavy atom. The van der Waals surface area contributed by atoms with E-state index in [2.05, 4.69) is 10.3 Å². The second-order valence-corrected chi connectivity index (χ2v) is 5.28. The molecular formula is C19H16N2O2. The summed E-state index contributed by atoms with van der Waals surface area (Å²) in [6.45, 7) is 1.92. The lowest BCUT2D eigenvalue weighted by molar-refractivity contribution is -0.111. The zero-order valence-electron chi connectivity index (χ0n) is 12.7. The molecule has 0 aliphatic rings. The quantitative estimate of drug-likeness (QED) is 0.728. The van der Waals surface area contributed by atoms with Crippen molar-refractivity contribution in [3.63, 3.8) is 0 Å². The van der Waals surface area contributed by atoms with E-state index in [4.69, 9.17) is 0 Å². The van der Waals surface area contributed by atoms with Crippen molar-refractivity contribution >= 4 is 28.6 Å². The number of aromatic nitrogens is 1. The molecule has 3 rings (SSSR count). The number of fused-ring (bicyclic) bond motifs is 1. The first-order valence-electron chi connectivity index (χ1n) is 7.30. The van der Waals surface area contributed by atoms with Crippen LogP contribution in [0.3, 0.4) is 0 Å². The number of hydrogen-bond acceptors (Lipinski definition) is 2. The zero-order valence-corrected chi connectivity index (χ0v) is 12.7. The van der Waals surface area contributed by atoms with Crippen LogP contribution in [0.25, 0.3) is 17.0 Å². The van der Waals surface area contributed by atoms with Crippen LogP contribution in [0.2, 0.25) is 0 Å². The monoisotopic (exact) mass is 304 g/mol. The number of carbonyl (C=O) groups is 1. The summed E-state index contributed by atoms with van der Waals surface area (Å²) in [6.07, 6.45) is 2.89. The minimum absolute atomic E-state index is 0.219. The molecular weight excluding hydrogens is 288 g/mol. The van der Waals surface area contributed by atoms with Crippen molar-refractivity contribution in [3.05, 3.63) is 82.2 Å². The van der Waals surface area contributed by atoms with Gasteiger partial charge in [0.15, 0.2) is 0 Å². The van der Waals surface area contributed by atoms with E-state index in [0.717, 1.165) is 22.2 Å². The normalized spacial score (nSPS) is 11.0. The first-order chi connectivity index (χ1) is 11.1. The van der Waals surface area contributed by atoms with Crippen molar-refractivity contribution in [2.75, 3.05) is 5.32 Å². The van der Waals surface area contributed by atoms with Gasteiger partial charge in [-0.1, -0.05) is 36.4 Å². The number of para-hydroxylation sites is 2.